The van der Waals surface area contributed by atoms with E-state index in [9.17, 15) is 0 Å². The van der Waals surface area contributed by atoms with E-state index in [1.807, 2.05) is 20.8 Å². The first-order valence-corrected chi connectivity index (χ1v) is 8.06. The Balaban J connectivity index is 0. The van der Waals surface area contributed by atoms with E-state index in [2.05, 4.69) is 0 Å². The second-order valence-electron chi connectivity index (χ2n) is 3.13. The van der Waals surface area contributed by atoms with Gasteiger partial charge in [-0.05, 0) is 20.8 Å². The topological polar surface area (TPSA) is 55.4 Å². The third-order valence-electron chi connectivity index (χ3n) is 1.83. The van der Waals surface area contributed by atoms with Crippen LogP contribution in [0.3, 0.4) is 0 Å². The maximum Gasteiger partial charge on any atom is 0.502 e. The van der Waals surface area contributed by atoms with E-state index in [4.69, 9.17) is 27.5 Å². The summed E-state index contributed by atoms with van der Waals surface area (Å²) in [6, 6.07) is 0. The summed E-state index contributed by atoms with van der Waals surface area (Å²) < 4.78 is 31.8. The molecule has 0 radical (unpaired) electrons. The summed E-state index contributed by atoms with van der Waals surface area (Å²) in [5, 5.41) is 0. The van der Waals surface area contributed by atoms with Gasteiger partial charge in [0.25, 0.3) is 0 Å². The first-order valence-electron chi connectivity index (χ1n) is 5.83. The van der Waals surface area contributed by atoms with Gasteiger partial charge in [0.05, 0.1) is 0 Å². The molecular weight excluding hydrogens is 324 g/mol. The number of hydrogen-bond donors (Lipinski definition) is 0. The molecule has 0 aromatic rings. The predicted molar refractivity (Wildman–Crippen MR) is 74.7 cm³/mol. The van der Waals surface area contributed by atoms with Crippen molar-refractivity contribution in [3.8, 4) is 0 Å². The number of hydrogen-bond acceptors (Lipinski definition) is 6. The van der Waals surface area contributed by atoms with Crippen molar-refractivity contribution in [3.63, 3.8) is 0 Å². The highest BCUT2D eigenvalue weighted by molar-refractivity contribution is 8.93. The molecule has 0 aliphatic heterocycles. The van der Waals surface area contributed by atoms with Crippen LogP contribution in [0.15, 0.2) is 0 Å². The molecule has 0 heterocycles. The van der Waals surface area contributed by atoms with Crippen molar-refractivity contribution in [2.75, 3.05) is 40.2 Å². The van der Waals surface area contributed by atoms with Gasteiger partial charge in [0.2, 0.25) is 0 Å². The zero-order chi connectivity index (χ0) is 13.0. The molecule has 0 aliphatic rings. The van der Waals surface area contributed by atoms with E-state index in [1.54, 1.807) is 6.55 Å². The maximum absolute atomic E-state index is 5.48. The Morgan fingerprint density at radius 1 is 0.667 bits per heavy atom. The second-order valence-corrected chi connectivity index (χ2v) is 5.72. The van der Waals surface area contributed by atoms with Crippen LogP contribution in [0.1, 0.15) is 20.8 Å². The van der Waals surface area contributed by atoms with Gasteiger partial charge in [-0.3, -0.25) is 0 Å². The van der Waals surface area contributed by atoms with Gasteiger partial charge in [-0.2, -0.15) is 0 Å². The molecule has 0 aliphatic carbocycles. The molecule has 0 spiro atoms. The molecule has 0 N–H and O–H groups in total. The van der Waals surface area contributed by atoms with E-state index < -0.39 is 8.80 Å². The van der Waals surface area contributed by atoms with E-state index in [1.165, 1.54) is 0 Å². The van der Waals surface area contributed by atoms with Gasteiger partial charge in [-0.25, -0.2) is 0 Å². The Bertz CT molecular complexity index is 148. The summed E-state index contributed by atoms with van der Waals surface area (Å²) in [5.41, 5.74) is 0. The zero-order valence-corrected chi connectivity index (χ0v) is 14.3. The molecule has 0 bridgehead atoms. The molecule has 112 valence electrons. The number of ether oxygens (including phenoxy) is 3. The monoisotopic (exact) mass is 348 g/mol. The fourth-order valence-electron chi connectivity index (χ4n) is 0.821. The van der Waals surface area contributed by atoms with Crippen LogP contribution in [-0.2, 0) is 27.5 Å². The molecule has 6 nitrogen and oxygen atoms in total. The van der Waals surface area contributed by atoms with Crippen LogP contribution in [0.4, 0.5) is 0 Å². The molecule has 0 atom stereocenters. The van der Waals surface area contributed by atoms with Crippen molar-refractivity contribution in [3.05, 3.63) is 0 Å². The van der Waals surface area contributed by atoms with Gasteiger partial charge in [0, 0.05) is 26.4 Å². The van der Waals surface area contributed by atoms with Crippen molar-refractivity contribution < 1.29 is 27.5 Å². The smallest absolute Gasteiger partial charge is 0.357 e. The lowest BCUT2D eigenvalue weighted by Crippen LogP contribution is -2.44. The van der Waals surface area contributed by atoms with Gasteiger partial charge < -0.3 is 27.5 Å². The summed E-state index contributed by atoms with van der Waals surface area (Å²) in [6.45, 7) is 9.67. The van der Waals surface area contributed by atoms with Crippen LogP contribution >= 0.6 is 17.0 Å². The lowest BCUT2D eigenvalue weighted by Gasteiger charge is -2.25. The quantitative estimate of drug-likeness (QED) is 0.306. The van der Waals surface area contributed by atoms with Gasteiger partial charge in [0.1, 0.15) is 20.4 Å². The van der Waals surface area contributed by atoms with Crippen molar-refractivity contribution in [2.45, 2.75) is 27.3 Å². The van der Waals surface area contributed by atoms with Crippen LogP contribution in [-0.4, -0.2) is 49.0 Å². The normalized spacial score (nSPS) is 11.3. The Morgan fingerprint density at radius 3 is 1.17 bits per heavy atom. The molecule has 0 aromatic heterocycles. The van der Waals surface area contributed by atoms with Gasteiger partial charge >= 0.3 is 8.80 Å². The molecule has 0 rings (SSSR count). The SMILES string of the molecule is Br.CCOCO[Si](C)(OCOCC)OCOCC. The first kappa shape index (κ1) is 20.8. The zero-order valence-electron chi connectivity index (χ0n) is 11.6. The summed E-state index contributed by atoms with van der Waals surface area (Å²) in [4.78, 5) is 0. The van der Waals surface area contributed by atoms with Crippen LogP contribution in [0, 0.1) is 0 Å². The minimum atomic E-state index is -2.74. The Morgan fingerprint density at radius 2 is 0.944 bits per heavy atom. The molecule has 8 heteroatoms. The van der Waals surface area contributed by atoms with Gasteiger partial charge in [-0.15, -0.1) is 17.0 Å². The van der Waals surface area contributed by atoms with E-state index in [-0.39, 0.29) is 37.4 Å². The predicted octanol–water partition coefficient (Wildman–Crippen LogP) is 2.16. The molecule has 0 aromatic carbocycles. The highest BCUT2D eigenvalue weighted by atomic mass is 79.9. The second kappa shape index (κ2) is 13.9. The minimum Gasteiger partial charge on any atom is -0.357 e. The van der Waals surface area contributed by atoms with E-state index in [0.29, 0.717) is 19.8 Å². The third kappa shape index (κ3) is 11.5. The molecule has 0 saturated heterocycles. The van der Waals surface area contributed by atoms with Crippen LogP contribution < -0.4 is 0 Å². The standard InChI is InChI=1S/C10H24O6Si.BrH/c1-5-11-8-14-17(4,15-9-12-6-2)16-10-13-7-3;/h5-10H2,1-4H3;1H. The van der Waals surface area contributed by atoms with Crippen LogP contribution in [0.5, 0.6) is 0 Å². The Kier molecular flexibility index (Phi) is 16.0. The van der Waals surface area contributed by atoms with Gasteiger partial charge in [-0.1, -0.05) is 0 Å². The third-order valence-corrected chi connectivity index (χ3v) is 3.75. The highest BCUT2D eigenvalue weighted by Crippen LogP contribution is 2.09. The largest absolute Gasteiger partial charge is 0.502 e. The number of halogens is 1. The minimum absolute atomic E-state index is 0. The van der Waals surface area contributed by atoms with Gasteiger partial charge in [0.15, 0.2) is 0 Å². The maximum atomic E-state index is 5.48. The molecule has 0 saturated carbocycles. The van der Waals surface area contributed by atoms with Crippen molar-refractivity contribution >= 4 is 25.8 Å². The summed E-state index contributed by atoms with van der Waals surface area (Å²) in [5.74, 6) is 0. The fourth-order valence-corrected chi connectivity index (χ4v) is 1.96. The summed E-state index contributed by atoms with van der Waals surface area (Å²) in [6.07, 6.45) is 0. The average Bonchev–Trinajstić information content (AvgIpc) is 2.30. The molecular formula is C10H25BrO6Si. The Hall–Kier alpha value is 0.457. The van der Waals surface area contributed by atoms with Crippen molar-refractivity contribution in [1.29, 1.82) is 0 Å². The van der Waals surface area contributed by atoms with Crippen molar-refractivity contribution in [1.82, 2.24) is 0 Å². The first-order chi connectivity index (χ1) is 8.18. The Labute approximate surface area is 121 Å². The van der Waals surface area contributed by atoms with Crippen LogP contribution in [0.2, 0.25) is 6.55 Å². The van der Waals surface area contributed by atoms with E-state index in [0.717, 1.165) is 0 Å². The number of rotatable bonds is 12. The molecule has 0 fully saturated rings. The fraction of sp³-hybridized carbons (Fsp3) is 1.00. The average molecular weight is 349 g/mol. The van der Waals surface area contributed by atoms with Crippen LogP contribution in [0.25, 0.3) is 0 Å². The molecule has 0 unspecified atom stereocenters. The van der Waals surface area contributed by atoms with E-state index >= 15 is 0 Å². The summed E-state index contributed by atoms with van der Waals surface area (Å²) in [7, 11) is -2.74. The van der Waals surface area contributed by atoms with Crippen molar-refractivity contribution in [2.24, 2.45) is 0 Å². The lowest BCUT2D eigenvalue weighted by molar-refractivity contribution is -0.0972. The highest BCUT2D eigenvalue weighted by Gasteiger charge is 2.35. The molecule has 0 amide bonds. The lowest BCUT2D eigenvalue weighted by atomic mass is 10.9. The molecule has 18 heavy (non-hydrogen) atoms. The summed E-state index contributed by atoms with van der Waals surface area (Å²) >= 11 is 0.